The number of benzene rings is 1. The van der Waals surface area contributed by atoms with E-state index in [1.807, 2.05) is 13.8 Å². The molecular weight excluding hydrogens is 300 g/mol. The first-order valence-electron chi connectivity index (χ1n) is 7.51. The minimum Gasteiger partial charge on any atom is -0.356 e. The van der Waals surface area contributed by atoms with E-state index in [1.54, 1.807) is 24.3 Å². The second-order valence-corrected chi connectivity index (χ2v) is 7.29. The molecule has 1 atom stereocenters. The molecule has 1 aliphatic rings. The number of amides is 2. The van der Waals surface area contributed by atoms with Crippen molar-refractivity contribution in [3.05, 3.63) is 24.3 Å². The first kappa shape index (κ1) is 16.7. The molecule has 1 saturated carbocycles. The van der Waals surface area contributed by atoms with E-state index < -0.39 is 10.8 Å². The molecule has 5 nitrogen and oxygen atoms in total. The molecule has 22 heavy (non-hydrogen) atoms. The molecule has 0 aromatic heterocycles. The highest BCUT2D eigenvalue weighted by Crippen LogP contribution is 2.41. The van der Waals surface area contributed by atoms with Gasteiger partial charge in [0.15, 0.2) is 0 Å². The number of carbonyl (C=O) groups excluding carboxylic acids is 2. The summed E-state index contributed by atoms with van der Waals surface area (Å²) < 4.78 is 12.2. The van der Waals surface area contributed by atoms with Gasteiger partial charge in [0.05, 0.1) is 10.8 Å². The fourth-order valence-electron chi connectivity index (χ4n) is 2.38. The van der Waals surface area contributed by atoms with Crippen LogP contribution in [-0.2, 0) is 20.4 Å². The van der Waals surface area contributed by atoms with Gasteiger partial charge >= 0.3 is 0 Å². The van der Waals surface area contributed by atoms with E-state index in [0.717, 1.165) is 19.3 Å². The molecule has 0 spiro atoms. The van der Waals surface area contributed by atoms with E-state index in [1.165, 1.54) is 0 Å². The predicted octanol–water partition coefficient (Wildman–Crippen LogP) is 2.06. The molecule has 0 radical (unpaired) electrons. The Morgan fingerprint density at radius 1 is 1.32 bits per heavy atom. The second kappa shape index (κ2) is 7.05. The summed E-state index contributed by atoms with van der Waals surface area (Å²) in [5.74, 6) is -0.300. The number of hydrogen-bond acceptors (Lipinski definition) is 3. The summed E-state index contributed by atoms with van der Waals surface area (Å²) in [4.78, 5) is 24.2. The van der Waals surface area contributed by atoms with Crippen molar-refractivity contribution in [2.75, 3.05) is 17.6 Å². The van der Waals surface area contributed by atoms with Gasteiger partial charge in [-0.05, 0) is 38.0 Å². The SMILES string of the molecule is CCNC(=O)C[S@](=O)c1cccc(NC(=O)C2(C)CCC2)c1. The summed E-state index contributed by atoms with van der Waals surface area (Å²) in [6.45, 7) is 4.30. The molecule has 2 N–H and O–H groups in total. The summed E-state index contributed by atoms with van der Waals surface area (Å²) in [6, 6.07) is 6.89. The summed E-state index contributed by atoms with van der Waals surface area (Å²) in [5.41, 5.74) is 0.343. The van der Waals surface area contributed by atoms with Crippen LogP contribution in [0.4, 0.5) is 5.69 Å². The molecule has 0 saturated heterocycles. The lowest BCUT2D eigenvalue weighted by atomic mass is 9.70. The predicted molar refractivity (Wildman–Crippen MR) is 87.0 cm³/mol. The monoisotopic (exact) mass is 322 g/mol. The first-order valence-corrected chi connectivity index (χ1v) is 8.83. The normalized spacial score (nSPS) is 17.2. The number of rotatable bonds is 6. The molecular formula is C16H22N2O3S. The van der Waals surface area contributed by atoms with Crippen LogP contribution in [0.2, 0.25) is 0 Å². The zero-order valence-electron chi connectivity index (χ0n) is 13.0. The van der Waals surface area contributed by atoms with Crippen molar-refractivity contribution in [3.63, 3.8) is 0 Å². The van der Waals surface area contributed by atoms with Gasteiger partial charge in [0.25, 0.3) is 0 Å². The molecule has 2 amide bonds. The average Bonchev–Trinajstić information content (AvgIpc) is 2.45. The zero-order chi connectivity index (χ0) is 16.2. The van der Waals surface area contributed by atoms with E-state index in [0.29, 0.717) is 17.1 Å². The summed E-state index contributed by atoms with van der Waals surface area (Å²) in [7, 11) is -1.41. The van der Waals surface area contributed by atoms with Crippen molar-refractivity contribution in [1.82, 2.24) is 5.32 Å². The lowest BCUT2D eigenvalue weighted by Crippen LogP contribution is -2.39. The van der Waals surface area contributed by atoms with Crippen LogP contribution in [0, 0.1) is 5.41 Å². The molecule has 1 aromatic rings. The largest absolute Gasteiger partial charge is 0.356 e. The van der Waals surface area contributed by atoms with Crippen LogP contribution >= 0.6 is 0 Å². The van der Waals surface area contributed by atoms with Crippen LogP contribution in [0.1, 0.15) is 33.1 Å². The van der Waals surface area contributed by atoms with Crippen molar-refractivity contribution >= 4 is 28.3 Å². The van der Waals surface area contributed by atoms with Crippen molar-refractivity contribution < 1.29 is 13.8 Å². The van der Waals surface area contributed by atoms with Gasteiger partial charge in [-0.25, -0.2) is 0 Å². The van der Waals surface area contributed by atoms with E-state index in [-0.39, 0.29) is 23.0 Å². The molecule has 120 valence electrons. The Labute approximate surface area is 133 Å². The minimum atomic E-state index is -1.41. The Morgan fingerprint density at radius 3 is 2.64 bits per heavy atom. The van der Waals surface area contributed by atoms with Crippen molar-refractivity contribution in [2.45, 2.75) is 38.0 Å². The topological polar surface area (TPSA) is 75.3 Å². The lowest BCUT2D eigenvalue weighted by molar-refractivity contribution is -0.128. The van der Waals surface area contributed by atoms with Crippen LogP contribution in [-0.4, -0.2) is 28.3 Å². The maximum Gasteiger partial charge on any atom is 0.232 e. The van der Waals surface area contributed by atoms with Gasteiger partial charge in [-0.2, -0.15) is 0 Å². The van der Waals surface area contributed by atoms with E-state index in [4.69, 9.17) is 0 Å². The Balaban J connectivity index is 2.02. The lowest BCUT2D eigenvalue weighted by Gasteiger charge is -2.36. The summed E-state index contributed by atoms with van der Waals surface area (Å²) in [6.07, 6.45) is 2.89. The highest BCUT2D eigenvalue weighted by Gasteiger charge is 2.39. The van der Waals surface area contributed by atoms with Crippen LogP contribution in [0.25, 0.3) is 0 Å². The molecule has 1 aromatic carbocycles. The van der Waals surface area contributed by atoms with Crippen LogP contribution in [0.15, 0.2) is 29.2 Å². The number of anilines is 1. The fourth-order valence-corrected chi connectivity index (χ4v) is 3.38. The third kappa shape index (κ3) is 3.94. The third-order valence-electron chi connectivity index (χ3n) is 4.00. The third-order valence-corrected chi connectivity index (χ3v) is 5.30. The highest BCUT2D eigenvalue weighted by molar-refractivity contribution is 7.85. The number of hydrogen-bond donors (Lipinski definition) is 2. The Hall–Kier alpha value is -1.69. The van der Waals surface area contributed by atoms with Crippen molar-refractivity contribution in [2.24, 2.45) is 5.41 Å². The van der Waals surface area contributed by atoms with Gasteiger partial charge in [-0.3, -0.25) is 13.8 Å². The summed E-state index contributed by atoms with van der Waals surface area (Å²) in [5, 5.41) is 5.51. The van der Waals surface area contributed by atoms with Gasteiger partial charge < -0.3 is 10.6 Å². The van der Waals surface area contributed by atoms with E-state index in [2.05, 4.69) is 10.6 Å². The van der Waals surface area contributed by atoms with Crippen molar-refractivity contribution in [1.29, 1.82) is 0 Å². The van der Waals surface area contributed by atoms with E-state index >= 15 is 0 Å². The van der Waals surface area contributed by atoms with Crippen LogP contribution < -0.4 is 10.6 Å². The van der Waals surface area contributed by atoms with Gasteiger partial charge in [0, 0.05) is 22.5 Å². The average molecular weight is 322 g/mol. The molecule has 0 bridgehead atoms. The Bertz CT molecular complexity index is 597. The van der Waals surface area contributed by atoms with Gasteiger partial charge in [-0.1, -0.05) is 19.4 Å². The maximum absolute atomic E-state index is 12.2. The quantitative estimate of drug-likeness (QED) is 0.842. The minimum absolute atomic E-state index is 0.00501. The van der Waals surface area contributed by atoms with Crippen LogP contribution in [0.3, 0.4) is 0 Å². The molecule has 1 aliphatic carbocycles. The molecule has 0 aliphatic heterocycles. The first-order chi connectivity index (χ1) is 10.4. The Morgan fingerprint density at radius 2 is 2.05 bits per heavy atom. The van der Waals surface area contributed by atoms with Gasteiger partial charge in [0.2, 0.25) is 11.8 Å². The molecule has 0 unspecified atom stereocenters. The fraction of sp³-hybridized carbons (Fsp3) is 0.500. The Kier molecular flexibility index (Phi) is 5.34. The standard InChI is InChI=1S/C16H22N2O3S/c1-3-17-14(19)11-22(21)13-7-4-6-12(10-13)18-15(20)16(2)8-5-9-16/h4,6-7,10H,3,5,8-9,11H2,1-2H3,(H,17,19)(H,18,20)/t22-/m0/s1. The second-order valence-electron chi connectivity index (χ2n) is 5.84. The molecule has 1 fully saturated rings. The molecule has 6 heteroatoms. The zero-order valence-corrected chi connectivity index (χ0v) is 13.8. The smallest absolute Gasteiger partial charge is 0.232 e. The maximum atomic E-state index is 12.2. The molecule has 2 rings (SSSR count). The van der Waals surface area contributed by atoms with Gasteiger partial charge in [-0.15, -0.1) is 0 Å². The van der Waals surface area contributed by atoms with Crippen molar-refractivity contribution in [3.8, 4) is 0 Å². The summed E-state index contributed by atoms with van der Waals surface area (Å²) >= 11 is 0. The number of nitrogens with one attached hydrogen (secondary N) is 2. The molecule has 0 heterocycles. The van der Waals surface area contributed by atoms with E-state index in [9.17, 15) is 13.8 Å². The highest BCUT2D eigenvalue weighted by atomic mass is 32.2. The number of carbonyl (C=O) groups is 2. The van der Waals surface area contributed by atoms with Crippen LogP contribution in [0.5, 0.6) is 0 Å². The van der Waals surface area contributed by atoms with Gasteiger partial charge in [0.1, 0.15) is 5.75 Å².